The van der Waals surface area contributed by atoms with Crippen molar-refractivity contribution in [3.05, 3.63) is 109 Å². The number of esters is 2. The lowest BCUT2D eigenvalue weighted by Crippen LogP contribution is -2.28. The van der Waals surface area contributed by atoms with Gasteiger partial charge in [0.1, 0.15) is 6.61 Å². The maximum absolute atomic E-state index is 12.1. The predicted molar refractivity (Wildman–Crippen MR) is 251 cm³/mol. The fourth-order valence-corrected chi connectivity index (χ4v) is 6.07. The van der Waals surface area contributed by atoms with E-state index in [9.17, 15) is 14.7 Å². The highest BCUT2D eigenvalue weighted by molar-refractivity contribution is 5.70. The van der Waals surface area contributed by atoms with Crippen molar-refractivity contribution < 1.29 is 24.2 Å². The van der Waals surface area contributed by atoms with Gasteiger partial charge in [0.15, 0.2) is 6.10 Å². The zero-order chi connectivity index (χ0) is 42.1. The SMILES string of the molecule is CC/C=C\C/C=C\C/C=C\C/C=C\C/C=C\C/C=C\C/C=C\C/C=C\C/C=C\CCCCCCCCCCCCCC(=O)OC(CO)COC(=O)CCCCCCC. The number of hydrogen-bond acceptors (Lipinski definition) is 5. The van der Waals surface area contributed by atoms with Crippen molar-refractivity contribution in [2.45, 2.75) is 200 Å². The summed E-state index contributed by atoms with van der Waals surface area (Å²) >= 11 is 0. The van der Waals surface area contributed by atoms with Crippen molar-refractivity contribution in [1.29, 1.82) is 0 Å². The molecule has 5 heteroatoms. The van der Waals surface area contributed by atoms with Crippen LogP contribution >= 0.6 is 0 Å². The molecule has 5 nitrogen and oxygen atoms in total. The van der Waals surface area contributed by atoms with Crippen LogP contribution in [0, 0.1) is 0 Å². The fourth-order valence-electron chi connectivity index (χ4n) is 6.07. The Bertz CT molecular complexity index is 1180. The highest BCUT2D eigenvalue weighted by Crippen LogP contribution is 2.14. The van der Waals surface area contributed by atoms with Crippen LogP contribution in [0.3, 0.4) is 0 Å². The van der Waals surface area contributed by atoms with E-state index in [1.54, 1.807) is 0 Å². The summed E-state index contributed by atoms with van der Waals surface area (Å²) in [4.78, 5) is 24.0. The monoisotopic (exact) mass is 803 g/mol. The number of rotatable bonds is 41. The molecule has 0 radical (unpaired) electrons. The van der Waals surface area contributed by atoms with Gasteiger partial charge in [0.2, 0.25) is 0 Å². The van der Waals surface area contributed by atoms with Crippen molar-refractivity contribution in [1.82, 2.24) is 0 Å². The lowest BCUT2D eigenvalue weighted by Gasteiger charge is -2.15. The van der Waals surface area contributed by atoms with E-state index in [2.05, 4.69) is 123 Å². The highest BCUT2D eigenvalue weighted by Gasteiger charge is 2.16. The van der Waals surface area contributed by atoms with Gasteiger partial charge < -0.3 is 14.6 Å². The minimum Gasteiger partial charge on any atom is -0.462 e. The first-order valence-electron chi connectivity index (χ1n) is 23.4. The molecule has 0 aromatic rings. The fraction of sp³-hybridized carbons (Fsp3) is 0.623. The van der Waals surface area contributed by atoms with Crippen LogP contribution in [0.25, 0.3) is 0 Å². The molecule has 0 aromatic heterocycles. The van der Waals surface area contributed by atoms with E-state index in [0.29, 0.717) is 12.8 Å². The van der Waals surface area contributed by atoms with Gasteiger partial charge in [-0.05, 0) is 83.5 Å². The molecule has 0 bridgehead atoms. The Morgan fingerprint density at radius 3 is 1.12 bits per heavy atom. The standard InChI is InChI=1S/C53H86O5/c1-3-5-7-9-10-11-12-13-14-15-16-17-18-19-20-21-22-23-24-25-26-27-28-29-30-31-32-33-34-35-36-37-38-39-40-41-42-44-46-48-53(56)58-51(49-54)50-57-52(55)47-45-43-8-6-4-2/h5,7,10-11,13-14,16-17,19-20,22-23,25-26,28-29,31-32,51,54H,3-4,6,8-9,12,15,18,21,24,27,30,33-50H2,1-2H3/b7-5-,11-10-,14-13-,17-16-,20-19-,23-22-,26-25-,29-28-,32-31-. The lowest BCUT2D eigenvalue weighted by molar-refractivity contribution is -0.161. The molecule has 0 amide bonds. The summed E-state index contributed by atoms with van der Waals surface area (Å²) in [6.07, 6.45) is 69.4. The molecule has 328 valence electrons. The minimum absolute atomic E-state index is 0.0717. The van der Waals surface area contributed by atoms with Gasteiger partial charge in [0.25, 0.3) is 0 Å². The maximum Gasteiger partial charge on any atom is 0.306 e. The molecule has 0 saturated heterocycles. The number of aliphatic hydroxyl groups is 1. The maximum atomic E-state index is 12.1. The van der Waals surface area contributed by atoms with Gasteiger partial charge in [0, 0.05) is 12.8 Å². The smallest absolute Gasteiger partial charge is 0.306 e. The zero-order valence-corrected chi connectivity index (χ0v) is 37.3. The van der Waals surface area contributed by atoms with Crippen LogP contribution in [0.15, 0.2) is 109 Å². The number of hydrogen-bond donors (Lipinski definition) is 1. The first-order chi connectivity index (χ1) is 28.6. The van der Waals surface area contributed by atoms with Gasteiger partial charge in [-0.15, -0.1) is 0 Å². The molecule has 0 aliphatic carbocycles. The van der Waals surface area contributed by atoms with Crippen LogP contribution < -0.4 is 0 Å². The number of unbranched alkanes of at least 4 members (excludes halogenated alkanes) is 15. The summed E-state index contributed by atoms with van der Waals surface area (Å²) in [6.45, 7) is 3.91. The summed E-state index contributed by atoms with van der Waals surface area (Å²) in [5.74, 6) is -0.615. The summed E-state index contributed by atoms with van der Waals surface area (Å²) < 4.78 is 10.5. The van der Waals surface area contributed by atoms with Crippen molar-refractivity contribution in [3.8, 4) is 0 Å². The molecule has 58 heavy (non-hydrogen) atoms. The van der Waals surface area contributed by atoms with Crippen LogP contribution in [-0.2, 0) is 19.1 Å². The second-order valence-corrected chi connectivity index (χ2v) is 15.1. The third kappa shape index (κ3) is 45.3. The second kappa shape index (κ2) is 47.9. The molecule has 0 saturated carbocycles. The molecule has 0 spiro atoms. The van der Waals surface area contributed by atoms with Crippen LogP contribution in [-0.4, -0.2) is 36.4 Å². The van der Waals surface area contributed by atoms with Crippen LogP contribution in [0.4, 0.5) is 0 Å². The van der Waals surface area contributed by atoms with Crippen molar-refractivity contribution in [2.24, 2.45) is 0 Å². The topological polar surface area (TPSA) is 72.8 Å². The minimum atomic E-state index is -0.773. The first kappa shape index (κ1) is 54.6. The molecule has 1 unspecified atom stereocenters. The molecular weight excluding hydrogens is 717 g/mol. The van der Waals surface area contributed by atoms with Crippen molar-refractivity contribution in [3.63, 3.8) is 0 Å². The van der Waals surface area contributed by atoms with E-state index in [0.717, 1.165) is 96.3 Å². The number of carbonyl (C=O) groups excluding carboxylic acids is 2. The van der Waals surface area contributed by atoms with Gasteiger partial charge in [-0.1, -0.05) is 207 Å². The van der Waals surface area contributed by atoms with E-state index in [1.165, 1.54) is 70.6 Å². The number of aliphatic hydroxyl groups excluding tert-OH is 1. The number of allylic oxidation sites excluding steroid dienone is 18. The van der Waals surface area contributed by atoms with Crippen LogP contribution in [0.2, 0.25) is 0 Å². The largest absolute Gasteiger partial charge is 0.462 e. The summed E-state index contributed by atoms with van der Waals surface area (Å²) in [7, 11) is 0. The Kier molecular flexibility index (Phi) is 45.1. The van der Waals surface area contributed by atoms with Gasteiger partial charge >= 0.3 is 11.9 Å². The lowest BCUT2D eigenvalue weighted by atomic mass is 10.0. The van der Waals surface area contributed by atoms with Gasteiger partial charge in [-0.2, -0.15) is 0 Å². The molecule has 0 heterocycles. The van der Waals surface area contributed by atoms with E-state index >= 15 is 0 Å². The van der Waals surface area contributed by atoms with E-state index in [-0.39, 0.29) is 25.2 Å². The molecule has 0 aromatic carbocycles. The summed E-state index contributed by atoms with van der Waals surface area (Å²) in [6, 6.07) is 0. The number of ether oxygens (including phenoxy) is 2. The molecule has 0 rings (SSSR count). The second-order valence-electron chi connectivity index (χ2n) is 15.1. The molecule has 1 atom stereocenters. The molecule has 0 fully saturated rings. The third-order valence-corrected chi connectivity index (χ3v) is 9.58. The zero-order valence-electron chi connectivity index (χ0n) is 37.3. The molecule has 0 aliphatic heterocycles. The third-order valence-electron chi connectivity index (χ3n) is 9.58. The van der Waals surface area contributed by atoms with E-state index < -0.39 is 6.10 Å². The Labute approximate surface area is 357 Å². The quantitative estimate of drug-likeness (QED) is 0.0379. The Morgan fingerprint density at radius 1 is 0.414 bits per heavy atom. The van der Waals surface area contributed by atoms with Gasteiger partial charge in [-0.3, -0.25) is 9.59 Å². The Hall–Kier alpha value is -3.44. The van der Waals surface area contributed by atoms with E-state index in [4.69, 9.17) is 9.47 Å². The van der Waals surface area contributed by atoms with Crippen LogP contribution in [0.5, 0.6) is 0 Å². The van der Waals surface area contributed by atoms with Crippen LogP contribution in [0.1, 0.15) is 194 Å². The average Bonchev–Trinajstić information content (AvgIpc) is 3.23. The van der Waals surface area contributed by atoms with Gasteiger partial charge in [0.05, 0.1) is 6.61 Å². The predicted octanol–water partition coefficient (Wildman–Crippen LogP) is 15.4. The van der Waals surface area contributed by atoms with E-state index in [1.807, 2.05) is 0 Å². The molecule has 1 N–H and O–H groups in total. The molecular formula is C53H86O5. The number of carbonyl (C=O) groups is 2. The highest BCUT2D eigenvalue weighted by atomic mass is 16.6. The van der Waals surface area contributed by atoms with Gasteiger partial charge in [-0.25, -0.2) is 0 Å². The Morgan fingerprint density at radius 2 is 0.741 bits per heavy atom. The average molecular weight is 803 g/mol. The first-order valence-corrected chi connectivity index (χ1v) is 23.4. The normalized spacial score (nSPS) is 13.2. The molecule has 0 aliphatic rings. The van der Waals surface area contributed by atoms with Crippen molar-refractivity contribution in [2.75, 3.05) is 13.2 Å². The van der Waals surface area contributed by atoms with Crippen molar-refractivity contribution >= 4 is 11.9 Å². The summed E-state index contributed by atoms with van der Waals surface area (Å²) in [5.41, 5.74) is 0. The Balaban J connectivity index is 3.55. The summed E-state index contributed by atoms with van der Waals surface area (Å²) in [5, 5.41) is 9.49.